The molecule has 4 nitrogen and oxygen atoms in total. The highest BCUT2D eigenvalue weighted by Crippen LogP contribution is 2.35. The maximum Gasteiger partial charge on any atom is 0.0942 e. The van der Waals surface area contributed by atoms with Gasteiger partial charge in [0, 0.05) is 25.0 Å². The van der Waals surface area contributed by atoms with E-state index < -0.39 is 0 Å². The molecule has 0 aromatic carbocycles. The topological polar surface area (TPSA) is 42.7 Å². The van der Waals surface area contributed by atoms with E-state index in [1.807, 2.05) is 36.3 Å². The Morgan fingerprint density at radius 2 is 2.17 bits per heavy atom. The highest BCUT2D eigenvalue weighted by Gasteiger charge is 2.24. The second-order valence-corrected chi connectivity index (χ2v) is 5.35. The third kappa shape index (κ3) is 1.97. The second kappa shape index (κ2) is 4.82. The number of hydrogen-bond donors (Lipinski definition) is 1. The van der Waals surface area contributed by atoms with Gasteiger partial charge in [-0.25, -0.2) is 0 Å². The quantitative estimate of drug-likeness (QED) is 0.927. The van der Waals surface area contributed by atoms with Gasteiger partial charge in [0.1, 0.15) is 0 Å². The summed E-state index contributed by atoms with van der Waals surface area (Å²) in [4.78, 5) is 4.06. The van der Waals surface area contributed by atoms with Gasteiger partial charge in [-0.2, -0.15) is 5.10 Å². The Morgan fingerprint density at radius 1 is 1.39 bits per heavy atom. The van der Waals surface area contributed by atoms with Crippen molar-refractivity contribution in [2.45, 2.75) is 18.9 Å². The Bertz CT molecular complexity index is 544. The Hall–Kier alpha value is -1.20. The molecule has 3 heterocycles. The van der Waals surface area contributed by atoms with Gasteiger partial charge >= 0.3 is 0 Å². The van der Waals surface area contributed by atoms with E-state index in [1.54, 1.807) is 0 Å². The van der Waals surface area contributed by atoms with Gasteiger partial charge < -0.3 is 5.32 Å². The zero-order chi connectivity index (χ0) is 12.5. The van der Waals surface area contributed by atoms with Crippen molar-refractivity contribution in [3.05, 3.63) is 34.7 Å². The van der Waals surface area contributed by atoms with Crippen LogP contribution >= 0.6 is 15.9 Å². The summed E-state index contributed by atoms with van der Waals surface area (Å²) in [7, 11) is 1.99. The molecule has 1 atom stereocenters. The number of pyridine rings is 1. The summed E-state index contributed by atoms with van der Waals surface area (Å²) in [5.41, 5.74) is 3.36. The van der Waals surface area contributed by atoms with Crippen LogP contribution in [0.25, 0.3) is 11.3 Å². The number of aryl methyl sites for hydroxylation is 1. The molecule has 2 aromatic rings. The smallest absolute Gasteiger partial charge is 0.0942 e. The standard InChI is InChI=1S/C13H15BrN4/c1-18-13(9-4-7-15-8-5-9)11(14)12(17-18)10-3-2-6-16-10/h4-5,7-8,10,16H,2-3,6H2,1H3. The monoisotopic (exact) mass is 306 g/mol. The molecule has 5 heteroatoms. The van der Waals surface area contributed by atoms with E-state index in [-0.39, 0.29) is 0 Å². The Balaban J connectivity index is 2.06. The van der Waals surface area contributed by atoms with E-state index in [9.17, 15) is 0 Å². The minimum Gasteiger partial charge on any atom is -0.309 e. The molecule has 0 radical (unpaired) electrons. The van der Waals surface area contributed by atoms with Gasteiger partial charge in [0.05, 0.1) is 21.9 Å². The molecule has 0 saturated carbocycles. The summed E-state index contributed by atoms with van der Waals surface area (Å²) >= 11 is 3.71. The lowest BCUT2D eigenvalue weighted by molar-refractivity contribution is 0.606. The van der Waals surface area contributed by atoms with Gasteiger partial charge in [0.25, 0.3) is 0 Å². The lowest BCUT2D eigenvalue weighted by Gasteiger charge is -2.06. The highest BCUT2D eigenvalue weighted by molar-refractivity contribution is 9.10. The molecular formula is C13H15BrN4. The third-order valence-electron chi connectivity index (χ3n) is 3.36. The third-order valence-corrected chi connectivity index (χ3v) is 4.14. The minimum atomic E-state index is 0.376. The zero-order valence-corrected chi connectivity index (χ0v) is 11.8. The van der Waals surface area contributed by atoms with Crippen LogP contribution in [0.15, 0.2) is 29.0 Å². The van der Waals surface area contributed by atoms with Gasteiger partial charge in [-0.15, -0.1) is 0 Å². The van der Waals surface area contributed by atoms with E-state index >= 15 is 0 Å². The van der Waals surface area contributed by atoms with Crippen LogP contribution in [0.2, 0.25) is 0 Å². The molecule has 0 aliphatic carbocycles. The molecule has 18 heavy (non-hydrogen) atoms. The molecule has 0 bridgehead atoms. The molecule has 1 saturated heterocycles. The average Bonchev–Trinajstić information content (AvgIpc) is 2.99. The zero-order valence-electron chi connectivity index (χ0n) is 10.2. The fourth-order valence-corrected chi connectivity index (χ4v) is 3.32. The maximum absolute atomic E-state index is 4.66. The minimum absolute atomic E-state index is 0.376. The van der Waals surface area contributed by atoms with Crippen molar-refractivity contribution < 1.29 is 0 Å². The van der Waals surface area contributed by atoms with Crippen molar-refractivity contribution in [3.63, 3.8) is 0 Å². The first-order chi connectivity index (χ1) is 8.77. The lowest BCUT2D eigenvalue weighted by Crippen LogP contribution is -2.14. The van der Waals surface area contributed by atoms with Gasteiger partial charge in [-0.05, 0) is 47.4 Å². The van der Waals surface area contributed by atoms with Crippen molar-refractivity contribution in [2.24, 2.45) is 7.05 Å². The molecule has 3 rings (SSSR count). The van der Waals surface area contributed by atoms with Gasteiger partial charge in [-0.1, -0.05) is 0 Å². The summed E-state index contributed by atoms with van der Waals surface area (Å²) in [5, 5.41) is 8.14. The van der Waals surface area contributed by atoms with Crippen LogP contribution < -0.4 is 5.32 Å². The number of rotatable bonds is 2. The molecule has 1 N–H and O–H groups in total. The van der Waals surface area contributed by atoms with Crippen LogP contribution in [0.4, 0.5) is 0 Å². The molecule has 0 amide bonds. The van der Waals surface area contributed by atoms with Crippen LogP contribution in [-0.2, 0) is 7.05 Å². The average molecular weight is 307 g/mol. The summed E-state index contributed by atoms with van der Waals surface area (Å²) in [6, 6.07) is 4.39. The van der Waals surface area contributed by atoms with Crippen LogP contribution in [-0.4, -0.2) is 21.3 Å². The molecule has 2 aromatic heterocycles. The van der Waals surface area contributed by atoms with Gasteiger partial charge in [0.2, 0.25) is 0 Å². The fourth-order valence-electron chi connectivity index (χ4n) is 2.48. The molecule has 1 aliphatic rings. The predicted octanol–water partition coefficient (Wildman–Crippen LogP) is 2.67. The second-order valence-electron chi connectivity index (χ2n) is 4.56. The number of aromatic nitrogens is 3. The van der Waals surface area contributed by atoms with Crippen LogP contribution in [0.5, 0.6) is 0 Å². The van der Waals surface area contributed by atoms with E-state index in [4.69, 9.17) is 0 Å². The number of nitrogens with zero attached hydrogens (tertiary/aromatic N) is 3. The van der Waals surface area contributed by atoms with Crippen LogP contribution in [0, 0.1) is 0 Å². The lowest BCUT2D eigenvalue weighted by atomic mass is 10.1. The molecule has 1 fully saturated rings. The number of nitrogens with one attached hydrogen (secondary N) is 1. The Morgan fingerprint density at radius 3 is 2.83 bits per heavy atom. The first kappa shape index (κ1) is 11.9. The first-order valence-corrected chi connectivity index (χ1v) is 6.93. The first-order valence-electron chi connectivity index (χ1n) is 6.13. The van der Waals surface area contributed by atoms with Crippen LogP contribution in [0.1, 0.15) is 24.6 Å². The van der Waals surface area contributed by atoms with Gasteiger partial charge in [-0.3, -0.25) is 9.67 Å². The molecule has 0 spiro atoms. The van der Waals surface area contributed by atoms with Crippen molar-refractivity contribution in [2.75, 3.05) is 6.54 Å². The number of halogens is 1. The predicted molar refractivity (Wildman–Crippen MR) is 74.1 cm³/mol. The van der Waals surface area contributed by atoms with Gasteiger partial charge in [0.15, 0.2) is 0 Å². The Labute approximate surface area is 115 Å². The van der Waals surface area contributed by atoms with Crippen molar-refractivity contribution in [1.29, 1.82) is 0 Å². The van der Waals surface area contributed by atoms with E-state index in [2.05, 4.69) is 31.3 Å². The maximum atomic E-state index is 4.66. The van der Waals surface area contributed by atoms with Crippen molar-refractivity contribution >= 4 is 15.9 Å². The fraction of sp³-hybridized carbons (Fsp3) is 0.385. The summed E-state index contributed by atoms with van der Waals surface area (Å²) < 4.78 is 3.03. The molecule has 1 unspecified atom stereocenters. The van der Waals surface area contributed by atoms with E-state index in [0.717, 1.165) is 34.4 Å². The summed E-state index contributed by atoms with van der Waals surface area (Å²) in [6.07, 6.45) is 5.99. The normalized spacial score (nSPS) is 19.3. The summed E-state index contributed by atoms with van der Waals surface area (Å²) in [6.45, 7) is 1.08. The Kier molecular flexibility index (Phi) is 3.18. The van der Waals surface area contributed by atoms with Crippen molar-refractivity contribution in [1.82, 2.24) is 20.1 Å². The summed E-state index contributed by atoms with van der Waals surface area (Å²) in [5.74, 6) is 0. The van der Waals surface area contributed by atoms with Crippen LogP contribution in [0.3, 0.4) is 0 Å². The number of hydrogen-bond acceptors (Lipinski definition) is 3. The molecule has 1 aliphatic heterocycles. The largest absolute Gasteiger partial charge is 0.309 e. The molecular weight excluding hydrogens is 292 g/mol. The van der Waals surface area contributed by atoms with E-state index in [1.165, 1.54) is 6.42 Å². The van der Waals surface area contributed by atoms with Crippen molar-refractivity contribution in [3.8, 4) is 11.3 Å². The highest BCUT2D eigenvalue weighted by atomic mass is 79.9. The molecule has 94 valence electrons. The SMILES string of the molecule is Cn1nc(C2CCCN2)c(Br)c1-c1ccncc1. The van der Waals surface area contributed by atoms with E-state index in [0.29, 0.717) is 6.04 Å².